The molecule has 0 aliphatic rings. The van der Waals surface area contributed by atoms with Gasteiger partial charge in [-0.3, -0.25) is 0 Å². The molecule has 22 heavy (non-hydrogen) atoms. The number of rotatable bonds is 4. The monoisotopic (exact) mass is 322 g/mol. The van der Waals surface area contributed by atoms with Crippen molar-refractivity contribution in [1.29, 1.82) is 0 Å². The van der Waals surface area contributed by atoms with Crippen LogP contribution < -0.4 is 5.32 Å². The molecule has 8 heteroatoms. The van der Waals surface area contributed by atoms with E-state index in [1.807, 2.05) is 0 Å². The Bertz CT molecular complexity index is 530. The van der Waals surface area contributed by atoms with E-state index < -0.39 is 35.4 Å². The molecule has 0 aliphatic heterocycles. The molecule has 4 nitrogen and oxygen atoms in total. The molecule has 0 radical (unpaired) electrons. The van der Waals surface area contributed by atoms with Crippen LogP contribution in [0.3, 0.4) is 0 Å². The maximum absolute atomic E-state index is 13.6. The predicted octanol–water partition coefficient (Wildman–Crippen LogP) is 3.47. The molecular formula is C14H18F4N2O2. The molecule has 1 atom stereocenters. The highest BCUT2D eigenvalue weighted by atomic mass is 19.4. The van der Waals surface area contributed by atoms with Gasteiger partial charge in [-0.15, -0.1) is 0 Å². The van der Waals surface area contributed by atoms with Gasteiger partial charge in [0.2, 0.25) is 0 Å². The zero-order valence-electron chi connectivity index (χ0n) is 12.4. The highest BCUT2D eigenvalue weighted by molar-refractivity contribution is 5.89. The third-order valence-electron chi connectivity index (χ3n) is 2.88. The smallest absolute Gasteiger partial charge is 0.392 e. The Hall–Kier alpha value is -1.83. The van der Waals surface area contributed by atoms with Crippen LogP contribution in [-0.2, 0) is 6.18 Å². The van der Waals surface area contributed by atoms with E-state index in [0.717, 1.165) is 0 Å². The highest BCUT2D eigenvalue weighted by Crippen LogP contribution is 2.31. The van der Waals surface area contributed by atoms with E-state index in [1.54, 1.807) is 13.8 Å². The molecular weight excluding hydrogens is 304 g/mol. The van der Waals surface area contributed by atoms with Crippen molar-refractivity contribution < 1.29 is 27.5 Å². The number of anilines is 1. The van der Waals surface area contributed by atoms with Gasteiger partial charge in [-0.05, 0) is 39.0 Å². The molecule has 0 bridgehead atoms. The number of nitrogens with zero attached hydrogens (tertiary/aromatic N) is 1. The zero-order valence-corrected chi connectivity index (χ0v) is 12.4. The number of carbonyl (C=O) groups is 1. The number of hydrogen-bond donors (Lipinski definition) is 2. The van der Waals surface area contributed by atoms with Crippen LogP contribution in [0.1, 0.15) is 26.3 Å². The number of hydrogen-bond acceptors (Lipinski definition) is 2. The van der Waals surface area contributed by atoms with Crippen molar-refractivity contribution in [3.63, 3.8) is 0 Å². The summed E-state index contributed by atoms with van der Waals surface area (Å²) in [4.78, 5) is 13.3. The molecule has 0 heterocycles. The first kappa shape index (κ1) is 18.2. The van der Waals surface area contributed by atoms with Gasteiger partial charge in [0.1, 0.15) is 5.82 Å². The van der Waals surface area contributed by atoms with Crippen LogP contribution in [0.5, 0.6) is 0 Å². The number of benzene rings is 1. The van der Waals surface area contributed by atoms with E-state index in [4.69, 9.17) is 0 Å². The molecule has 124 valence electrons. The first-order valence-electron chi connectivity index (χ1n) is 6.64. The van der Waals surface area contributed by atoms with Crippen LogP contribution in [0, 0.1) is 5.82 Å². The molecule has 2 amide bonds. The fourth-order valence-corrected chi connectivity index (χ4v) is 1.80. The maximum Gasteiger partial charge on any atom is 0.416 e. The largest absolute Gasteiger partial charge is 0.416 e. The average Bonchev–Trinajstić information content (AvgIpc) is 2.36. The Morgan fingerprint density at radius 3 is 2.36 bits per heavy atom. The second-order valence-corrected chi connectivity index (χ2v) is 5.22. The summed E-state index contributed by atoms with van der Waals surface area (Å²) < 4.78 is 51.4. The molecule has 0 aliphatic carbocycles. The van der Waals surface area contributed by atoms with Crippen molar-refractivity contribution >= 4 is 11.7 Å². The minimum Gasteiger partial charge on any atom is -0.392 e. The number of aliphatic hydroxyl groups excluding tert-OH is 1. The molecule has 1 aromatic rings. The van der Waals surface area contributed by atoms with Crippen molar-refractivity contribution in [3.05, 3.63) is 29.6 Å². The number of halogens is 4. The SMILES string of the molecule is CC(O)CN(C(=O)Nc1cc(C(F)(F)F)ccc1F)C(C)C. The van der Waals surface area contributed by atoms with Gasteiger partial charge < -0.3 is 15.3 Å². The molecule has 2 N–H and O–H groups in total. The zero-order chi connectivity index (χ0) is 17.1. The maximum atomic E-state index is 13.6. The van der Waals surface area contributed by atoms with Gasteiger partial charge in [0.25, 0.3) is 0 Å². The highest BCUT2D eigenvalue weighted by Gasteiger charge is 2.31. The third-order valence-corrected chi connectivity index (χ3v) is 2.88. The van der Waals surface area contributed by atoms with Crippen molar-refractivity contribution in [2.75, 3.05) is 11.9 Å². The minimum absolute atomic E-state index is 0.0237. The third kappa shape index (κ3) is 4.87. The number of aliphatic hydroxyl groups is 1. The van der Waals surface area contributed by atoms with Gasteiger partial charge in [0, 0.05) is 12.6 Å². The standard InChI is InChI=1S/C14H18F4N2O2/c1-8(2)20(7-9(3)21)13(22)19-12-6-10(14(16,17)18)4-5-11(12)15/h4-6,8-9,21H,7H2,1-3H3,(H,19,22). The van der Waals surface area contributed by atoms with Gasteiger partial charge >= 0.3 is 12.2 Å². The lowest BCUT2D eigenvalue weighted by molar-refractivity contribution is -0.137. The van der Waals surface area contributed by atoms with Gasteiger partial charge in [0.15, 0.2) is 0 Å². The average molecular weight is 322 g/mol. The fraction of sp³-hybridized carbons (Fsp3) is 0.500. The topological polar surface area (TPSA) is 52.6 Å². The van der Waals surface area contributed by atoms with Crippen molar-refractivity contribution in [2.45, 2.75) is 39.1 Å². The van der Waals surface area contributed by atoms with Gasteiger partial charge in [-0.25, -0.2) is 9.18 Å². The first-order chi connectivity index (χ1) is 10.0. The second-order valence-electron chi connectivity index (χ2n) is 5.22. The van der Waals surface area contributed by atoms with E-state index in [1.165, 1.54) is 11.8 Å². The van der Waals surface area contributed by atoms with Crippen LogP contribution >= 0.6 is 0 Å². The van der Waals surface area contributed by atoms with Crippen LogP contribution in [0.4, 0.5) is 28.0 Å². The summed E-state index contributed by atoms with van der Waals surface area (Å²) in [5, 5.41) is 11.5. The van der Waals surface area contributed by atoms with Crippen molar-refractivity contribution in [2.24, 2.45) is 0 Å². The molecule has 1 rings (SSSR count). The summed E-state index contributed by atoms with van der Waals surface area (Å²) >= 11 is 0. The lowest BCUT2D eigenvalue weighted by Gasteiger charge is -2.28. The molecule has 0 saturated carbocycles. The summed E-state index contributed by atoms with van der Waals surface area (Å²) in [5.74, 6) is -0.970. The van der Waals surface area contributed by atoms with Crippen molar-refractivity contribution in [3.8, 4) is 0 Å². The van der Waals surface area contributed by atoms with Gasteiger partial charge in [-0.1, -0.05) is 0 Å². The van der Waals surface area contributed by atoms with E-state index in [0.29, 0.717) is 18.2 Å². The van der Waals surface area contributed by atoms with Gasteiger partial charge in [-0.2, -0.15) is 13.2 Å². The van der Waals surface area contributed by atoms with E-state index in [2.05, 4.69) is 5.32 Å². The molecule has 0 spiro atoms. The van der Waals surface area contributed by atoms with Crippen molar-refractivity contribution in [1.82, 2.24) is 4.90 Å². The lowest BCUT2D eigenvalue weighted by atomic mass is 10.2. The fourth-order valence-electron chi connectivity index (χ4n) is 1.80. The van der Waals surface area contributed by atoms with Crippen LogP contribution in [0.15, 0.2) is 18.2 Å². The molecule has 0 aromatic heterocycles. The van der Waals surface area contributed by atoms with Gasteiger partial charge in [0.05, 0.1) is 17.4 Å². The number of carbonyl (C=O) groups excluding carboxylic acids is 1. The summed E-state index contributed by atoms with van der Waals surface area (Å²) in [6.45, 7) is 4.78. The number of alkyl halides is 3. The van der Waals surface area contributed by atoms with E-state index in [-0.39, 0.29) is 12.6 Å². The van der Waals surface area contributed by atoms with Crippen LogP contribution in [0.25, 0.3) is 0 Å². The minimum atomic E-state index is -4.63. The molecule has 0 fully saturated rings. The molecule has 1 aromatic carbocycles. The molecule has 1 unspecified atom stereocenters. The summed E-state index contributed by atoms with van der Waals surface area (Å²) in [6.07, 6.45) is -5.45. The Kier molecular flexibility index (Phi) is 5.76. The lowest BCUT2D eigenvalue weighted by Crippen LogP contribution is -2.44. The summed E-state index contributed by atoms with van der Waals surface area (Å²) in [7, 11) is 0. The second kappa shape index (κ2) is 6.95. The number of urea groups is 1. The van der Waals surface area contributed by atoms with Crippen LogP contribution in [0.2, 0.25) is 0 Å². The number of nitrogens with one attached hydrogen (secondary N) is 1. The number of amides is 2. The Morgan fingerprint density at radius 2 is 1.91 bits per heavy atom. The summed E-state index contributed by atoms with van der Waals surface area (Å²) in [6, 6.07) is 0.680. The van der Waals surface area contributed by atoms with E-state index in [9.17, 15) is 27.5 Å². The quantitative estimate of drug-likeness (QED) is 0.834. The van der Waals surface area contributed by atoms with E-state index >= 15 is 0 Å². The summed E-state index contributed by atoms with van der Waals surface area (Å²) in [5.41, 5.74) is -1.62. The molecule has 0 saturated heterocycles. The van der Waals surface area contributed by atoms with Crippen LogP contribution in [-0.4, -0.2) is 34.7 Å². The predicted molar refractivity (Wildman–Crippen MR) is 73.9 cm³/mol. The first-order valence-corrected chi connectivity index (χ1v) is 6.64. The Morgan fingerprint density at radius 1 is 1.32 bits per heavy atom. The Balaban J connectivity index is 3.00. The Labute approximate surface area is 125 Å². The normalized spacial score (nSPS) is 13.1.